The summed E-state index contributed by atoms with van der Waals surface area (Å²) in [6.45, 7) is 9.98. The van der Waals surface area contributed by atoms with Crippen molar-refractivity contribution in [3.63, 3.8) is 0 Å². The summed E-state index contributed by atoms with van der Waals surface area (Å²) in [7, 11) is 0. The maximum atomic E-state index is 2.58. The Kier molecular flexibility index (Phi) is 3.90. The molecule has 0 N–H and O–H groups in total. The fraction of sp³-hybridized carbons (Fsp3) is 1.00. The lowest BCUT2D eigenvalue weighted by atomic mass is 9.61. The molecule has 0 aromatic heterocycles. The molecule has 0 heterocycles. The van der Waals surface area contributed by atoms with Crippen LogP contribution in [0.3, 0.4) is 0 Å². The Balaban J connectivity index is 2.19. The molecule has 0 heteroatoms. The fourth-order valence-electron chi connectivity index (χ4n) is 4.11. The van der Waals surface area contributed by atoms with E-state index in [1.54, 1.807) is 0 Å². The van der Waals surface area contributed by atoms with Crippen molar-refractivity contribution in [3.05, 3.63) is 0 Å². The lowest BCUT2D eigenvalue weighted by molar-refractivity contribution is 0.0600. The minimum atomic E-state index is 0.477. The molecule has 3 fully saturated rings. The largest absolute Gasteiger partial charge is 0.0597 e. The summed E-state index contributed by atoms with van der Waals surface area (Å²) in [6.07, 6.45) is 13.6. The van der Waals surface area contributed by atoms with Gasteiger partial charge in [0.2, 0.25) is 0 Å². The van der Waals surface area contributed by atoms with Crippen LogP contribution in [-0.2, 0) is 0 Å². The molecule has 17 heavy (non-hydrogen) atoms. The molecule has 0 aliphatic heterocycles. The first-order valence-corrected chi connectivity index (χ1v) is 7.91. The second-order valence-electron chi connectivity index (χ2n) is 8.15. The zero-order valence-electron chi connectivity index (χ0n) is 12.5. The van der Waals surface area contributed by atoms with Crippen LogP contribution in [0.1, 0.15) is 85.5 Å². The quantitative estimate of drug-likeness (QED) is 0.498. The fourth-order valence-corrected chi connectivity index (χ4v) is 4.11. The Hall–Kier alpha value is 0. The van der Waals surface area contributed by atoms with E-state index in [1.807, 2.05) is 0 Å². The summed E-state index contributed by atoms with van der Waals surface area (Å²) >= 11 is 0. The van der Waals surface area contributed by atoms with Crippen LogP contribution in [0, 0.1) is 22.7 Å². The Labute approximate surface area is 109 Å². The number of hydrogen-bond acceptors (Lipinski definition) is 0. The molecule has 0 nitrogen and oxygen atoms in total. The lowest BCUT2D eigenvalue weighted by Crippen LogP contribution is -2.34. The first kappa shape index (κ1) is 13.4. The van der Waals surface area contributed by atoms with Crippen LogP contribution in [0.2, 0.25) is 0 Å². The van der Waals surface area contributed by atoms with Crippen LogP contribution >= 0.6 is 0 Å². The van der Waals surface area contributed by atoms with Gasteiger partial charge in [-0.1, -0.05) is 66.2 Å². The van der Waals surface area contributed by atoms with E-state index in [0.717, 1.165) is 11.8 Å². The normalized spacial score (nSPS) is 40.2. The summed E-state index contributed by atoms with van der Waals surface area (Å²) < 4.78 is 0. The van der Waals surface area contributed by atoms with E-state index in [9.17, 15) is 0 Å². The molecule has 2 bridgehead atoms. The van der Waals surface area contributed by atoms with E-state index >= 15 is 0 Å². The number of fused-ring (bicyclic) bond motifs is 7. The summed E-state index contributed by atoms with van der Waals surface area (Å²) in [5.41, 5.74) is 1.05. The van der Waals surface area contributed by atoms with E-state index in [4.69, 9.17) is 0 Å². The molecule has 0 spiro atoms. The van der Waals surface area contributed by atoms with Gasteiger partial charge in [-0.05, 0) is 41.9 Å². The van der Waals surface area contributed by atoms with E-state index in [-0.39, 0.29) is 0 Å². The molecular weight excluding hydrogens is 204 g/mol. The zero-order chi connectivity index (χ0) is 12.5. The van der Waals surface area contributed by atoms with E-state index in [2.05, 4.69) is 27.7 Å². The van der Waals surface area contributed by atoms with E-state index < -0.39 is 0 Å². The van der Waals surface area contributed by atoms with Crippen LogP contribution in [0.25, 0.3) is 0 Å². The highest BCUT2D eigenvalue weighted by atomic mass is 14.5. The molecule has 0 saturated heterocycles. The first-order chi connectivity index (χ1) is 7.91. The van der Waals surface area contributed by atoms with Crippen LogP contribution in [-0.4, -0.2) is 0 Å². The first-order valence-electron chi connectivity index (χ1n) is 7.91. The van der Waals surface area contributed by atoms with Gasteiger partial charge in [-0.3, -0.25) is 0 Å². The van der Waals surface area contributed by atoms with Crippen molar-refractivity contribution < 1.29 is 0 Å². The third-order valence-corrected chi connectivity index (χ3v) is 6.10. The van der Waals surface area contributed by atoms with Gasteiger partial charge >= 0.3 is 0 Å². The van der Waals surface area contributed by atoms with Crippen LogP contribution < -0.4 is 0 Å². The third kappa shape index (κ3) is 3.06. The summed E-state index contributed by atoms with van der Waals surface area (Å²) in [6, 6.07) is 0. The third-order valence-electron chi connectivity index (χ3n) is 6.10. The van der Waals surface area contributed by atoms with Crippen LogP contribution in [0.15, 0.2) is 0 Å². The Morgan fingerprint density at radius 1 is 0.824 bits per heavy atom. The summed E-state index contributed by atoms with van der Waals surface area (Å²) in [4.78, 5) is 0. The van der Waals surface area contributed by atoms with E-state index in [0.29, 0.717) is 10.8 Å². The SMILES string of the molecule is CC(C)(C)C1(C)CCC2CCCC(CCC2)C1. The highest BCUT2D eigenvalue weighted by molar-refractivity contribution is 4.91. The van der Waals surface area contributed by atoms with Gasteiger partial charge in [-0.2, -0.15) is 0 Å². The predicted octanol–water partition coefficient (Wildman–Crippen LogP) is 5.81. The number of hydrogen-bond donors (Lipinski definition) is 0. The van der Waals surface area contributed by atoms with Gasteiger partial charge in [0.1, 0.15) is 0 Å². The van der Waals surface area contributed by atoms with Gasteiger partial charge in [-0.25, -0.2) is 0 Å². The predicted molar refractivity (Wildman–Crippen MR) is 76.1 cm³/mol. The van der Waals surface area contributed by atoms with Crippen molar-refractivity contribution in [1.82, 2.24) is 0 Å². The molecule has 3 aliphatic carbocycles. The molecule has 3 rings (SSSR count). The van der Waals surface area contributed by atoms with Gasteiger partial charge in [0.25, 0.3) is 0 Å². The van der Waals surface area contributed by atoms with Crippen LogP contribution in [0.4, 0.5) is 0 Å². The Morgan fingerprint density at radius 3 is 1.88 bits per heavy atom. The van der Waals surface area contributed by atoms with Gasteiger partial charge in [0.05, 0.1) is 0 Å². The molecule has 1 atom stereocenters. The van der Waals surface area contributed by atoms with Crippen LogP contribution in [0.5, 0.6) is 0 Å². The molecule has 0 radical (unpaired) electrons. The molecular formula is C17H32. The smallest absolute Gasteiger partial charge is 0.0274 e. The van der Waals surface area contributed by atoms with Crippen molar-refractivity contribution in [2.75, 3.05) is 0 Å². The van der Waals surface area contributed by atoms with Crippen molar-refractivity contribution in [2.24, 2.45) is 22.7 Å². The maximum Gasteiger partial charge on any atom is -0.0274 e. The maximum absolute atomic E-state index is 2.58. The van der Waals surface area contributed by atoms with Gasteiger partial charge in [0.15, 0.2) is 0 Å². The van der Waals surface area contributed by atoms with Crippen molar-refractivity contribution in [3.8, 4) is 0 Å². The standard InChI is InChI=1S/C17H32/c1-16(2,3)17(4)12-11-14-7-5-9-15(13-17)10-6-8-14/h14-15H,5-13H2,1-4H3. The molecule has 1 unspecified atom stereocenters. The van der Waals surface area contributed by atoms with Gasteiger partial charge < -0.3 is 0 Å². The minimum Gasteiger partial charge on any atom is -0.0597 e. The monoisotopic (exact) mass is 236 g/mol. The molecule has 0 amide bonds. The Morgan fingerprint density at radius 2 is 1.35 bits per heavy atom. The highest BCUT2D eigenvalue weighted by Crippen LogP contribution is 2.51. The van der Waals surface area contributed by atoms with Gasteiger partial charge in [0, 0.05) is 0 Å². The summed E-state index contributed by atoms with van der Waals surface area (Å²) in [5.74, 6) is 2.08. The average Bonchev–Trinajstić information content (AvgIpc) is 2.30. The van der Waals surface area contributed by atoms with E-state index in [1.165, 1.54) is 57.8 Å². The molecule has 100 valence electrons. The van der Waals surface area contributed by atoms with Crippen molar-refractivity contribution in [1.29, 1.82) is 0 Å². The van der Waals surface area contributed by atoms with Gasteiger partial charge in [-0.15, -0.1) is 0 Å². The number of rotatable bonds is 0. The second-order valence-corrected chi connectivity index (χ2v) is 8.15. The average molecular weight is 236 g/mol. The topological polar surface area (TPSA) is 0 Å². The molecule has 3 saturated carbocycles. The zero-order valence-corrected chi connectivity index (χ0v) is 12.5. The lowest BCUT2D eigenvalue weighted by Gasteiger charge is -2.44. The molecule has 0 aromatic carbocycles. The molecule has 0 aromatic rings. The Bertz CT molecular complexity index is 237. The van der Waals surface area contributed by atoms with Crippen molar-refractivity contribution in [2.45, 2.75) is 85.5 Å². The highest BCUT2D eigenvalue weighted by Gasteiger charge is 2.40. The minimum absolute atomic E-state index is 0.477. The summed E-state index contributed by atoms with van der Waals surface area (Å²) in [5, 5.41) is 0. The van der Waals surface area contributed by atoms with Crippen molar-refractivity contribution >= 4 is 0 Å². The molecule has 3 aliphatic rings. The second kappa shape index (κ2) is 4.94.